The number of anilines is 1. The van der Waals surface area contributed by atoms with Crippen LogP contribution >= 0.6 is 23.2 Å². The summed E-state index contributed by atoms with van der Waals surface area (Å²) in [6.45, 7) is 2.49. The third kappa shape index (κ3) is 5.59. The summed E-state index contributed by atoms with van der Waals surface area (Å²) in [7, 11) is 1.81. The molecule has 3 aromatic rings. The van der Waals surface area contributed by atoms with E-state index in [9.17, 15) is 9.59 Å². The molecule has 1 saturated heterocycles. The predicted octanol–water partition coefficient (Wildman–Crippen LogP) is 5.08. The van der Waals surface area contributed by atoms with Gasteiger partial charge >= 0.3 is 0 Å². The zero-order chi connectivity index (χ0) is 25.9. The highest BCUT2D eigenvalue weighted by Crippen LogP contribution is 2.39. The molecule has 1 fully saturated rings. The van der Waals surface area contributed by atoms with Crippen molar-refractivity contribution in [3.63, 3.8) is 0 Å². The number of aromatic nitrogens is 1. The van der Waals surface area contributed by atoms with E-state index in [-0.39, 0.29) is 31.0 Å². The second-order valence-corrected chi connectivity index (χ2v) is 10.2. The Balaban J connectivity index is 1.39. The number of carbonyl (C=O) groups is 2. The van der Waals surface area contributed by atoms with Gasteiger partial charge in [0.1, 0.15) is 12.3 Å². The first-order valence-corrected chi connectivity index (χ1v) is 13.1. The topological polar surface area (TPSA) is 66.0 Å². The average molecular weight is 539 g/mol. The minimum Gasteiger partial charge on any atom is -0.482 e. The van der Waals surface area contributed by atoms with Crippen LogP contribution in [0.5, 0.6) is 5.75 Å². The van der Waals surface area contributed by atoms with Crippen LogP contribution < -0.4 is 9.64 Å². The lowest BCUT2D eigenvalue weighted by molar-refractivity contribution is -0.133. The quantitative estimate of drug-likeness (QED) is 0.419. The van der Waals surface area contributed by atoms with Crippen LogP contribution in [0.1, 0.15) is 24.4 Å². The first-order chi connectivity index (χ1) is 17.9. The van der Waals surface area contributed by atoms with Gasteiger partial charge in [-0.25, -0.2) is 0 Å². The molecule has 0 aliphatic carbocycles. The van der Waals surface area contributed by atoms with E-state index in [1.54, 1.807) is 36.5 Å². The number of likely N-dealkylation sites (tertiary alicyclic amines) is 1. The van der Waals surface area contributed by atoms with E-state index < -0.39 is 0 Å². The molecule has 0 N–H and O–H groups in total. The summed E-state index contributed by atoms with van der Waals surface area (Å²) in [6, 6.07) is 15.2. The monoisotopic (exact) mass is 538 g/mol. The van der Waals surface area contributed by atoms with Crippen molar-refractivity contribution < 1.29 is 14.3 Å². The van der Waals surface area contributed by atoms with Crippen molar-refractivity contribution in [1.82, 2.24) is 14.8 Å². The lowest BCUT2D eigenvalue weighted by Gasteiger charge is -2.35. The fourth-order valence-electron chi connectivity index (χ4n) is 4.89. The van der Waals surface area contributed by atoms with E-state index in [2.05, 4.69) is 34.1 Å². The van der Waals surface area contributed by atoms with Crippen LogP contribution in [0.4, 0.5) is 5.69 Å². The summed E-state index contributed by atoms with van der Waals surface area (Å²) >= 11 is 12.3. The number of likely N-dealkylation sites (N-methyl/N-ethyl adjacent to an activating group) is 1. The van der Waals surface area contributed by atoms with Crippen LogP contribution in [0.3, 0.4) is 0 Å². The molecule has 2 amide bonds. The number of ether oxygens (including phenoxy) is 1. The molecule has 0 bridgehead atoms. The Morgan fingerprint density at radius 1 is 1.03 bits per heavy atom. The summed E-state index contributed by atoms with van der Waals surface area (Å²) in [5.74, 6) is -0.0371. The molecule has 7 nitrogen and oxygen atoms in total. The maximum atomic E-state index is 13.6. The molecule has 1 unspecified atom stereocenters. The largest absolute Gasteiger partial charge is 0.482 e. The fraction of sp³-hybridized carbons (Fsp3) is 0.321. The smallest absolute Gasteiger partial charge is 0.265 e. The molecule has 2 aliphatic rings. The minimum atomic E-state index is -0.301. The van der Waals surface area contributed by atoms with Crippen molar-refractivity contribution >= 4 is 40.7 Å². The fourth-order valence-corrected chi connectivity index (χ4v) is 5.21. The van der Waals surface area contributed by atoms with E-state index >= 15 is 0 Å². The number of nitrogens with zero attached hydrogens (tertiary/aromatic N) is 4. The molecule has 1 aromatic heterocycles. The number of fused-ring (bicyclic) bond motifs is 1. The number of pyridine rings is 1. The number of benzene rings is 2. The van der Waals surface area contributed by atoms with Crippen LogP contribution in [-0.4, -0.2) is 66.4 Å². The summed E-state index contributed by atoms with van der Waals surface area (Å²) in [5, 5.41) is 0.629. The van der Waals surface area contributed by atoms with Gasteiger partial charge in [0.25, 0.3) is 5.91 Å². The second-order valence-electron chi connectivity index (χ2n) is 9.39. The van der Waals surface area contributed by atoms with Gasteiger partial charge in [-0.1, -0.05) is 47.5 Å². The molecule has 2 aliphatic heterocycles. The predicted molar refractivity (Wildman–Crippen MR) is 145 cm³/mol. The van der Waals surface area contributed by atoms with Gasteiger partial charge in [-0.05, 0) is 60.8 Å². The van der Waals surface area contributed by atoms with Gasteiger partial charge in [-0.15, -0.1) is 0 Å². The summed E-state index contributed by atoms with van der Waals surface area (Å²) in [6.07, 6.45) is 5.87. The summed E-state index contributed by atoms with van der Waals surface area (Å²) in [4.78, 5) is 36.0. The van der Waals surface area contributed by atoms with Crippen molar-refractivity contribution in [3.8, 4) is 16.9 Å². The lowest BCUT2D eigenvalue weighted by atomic mass is 10.00. The average Bonchev–Trinajstić information content (AvgIpc) is 3.44. The van der Waals surface area contributed by atoms with Gasteiger partial charge in [0, 0.05) is 32.1 Å². The van der Waals surface area contributed by atoms with Crippen LogP contribution in [0, 0.1) is 0 Å². The van der Waals surface area contributed by atoms with Gasteiger partial charge in [0.2, 0.25) is 5.91 Å². The number of halogens is 2. The molecule has 1 atom stereocenters. The van der Waals surface area contributed by atoms with Crippen LogP contribution in [0.25, 0.3) is 11.1 Å². The summed E-state index contributed by atoms with van der Waals surface area (Å²) < 4.78 is 5.53. The van der Waals surface area contributed by atoms with E-state index in [4.69, 9.17) is 27.9 Å². The highest BCUT2D eigenvalue weighted by molar-refractivity contribution is 6.42. The van der Waals surface area contributed by atoms with Crippen molar-refractivity contribution in [1.29, 1.82) is 0 Å². The molecule has 3 heterocycles. The molecule has 192 valence electrons. The Morgan fingerprint density at radius 3 is 2.38 bits per heavy atom. The lowest BCUT2D eigenvalue weighted by Crippen LogP contribution is -2.47. The van der Waals surface area contributed by atoms with E-state index in [0.717, 1.165) is 49.2 Å². The number of hydrogen-bond donors (Lipinski definition) is 0. The Kier molecular flexibility index (Phi) is 7.65. The van der Waals surface area contributed by atoms with Crippen LogP contribution in [0.2, 0.25) is 10.0 Å². The Morgan fingerprint density at radius 2 is 1.68 bits per heavy atom. The van der Waals surface area contributed by atoms with Gasteiger partial charge in [-0.3, -0.25) is 19.5 Å². The van der Waals surface area contributed by atoms with E-state index in [1.165, 1.54) is 4.90 Å². The molecule has 2 aromatic carbocycles. The normalized spacial score (nSPS) is 16.3. The molecule has 0 radical (unpaired) electrons. The van der Waals surface area contributed by atoms with E-state index in [0.29, 0.717) is 21.5 Å². The SMILES string of the molecule is CN(C(=O)CN1C(=O)COc2cc(Cl)c(Cl)cc21)C(CN1CCCC1)c1ccc(-c2ccncc2)cc1. The zero-order valence-corrected chi connectivity index (χ0v) is 22.1. The van der Waals surface area contributed by atoms with Gasteiger partial charge in [0.15, 0.2) is 6.61 Å². The Bertz CT molecular complexity index is 1280. The maximum absolute atomic E-state index is 13.6. The number of carbonyl (C=O) groups excluding carboxylic acids is 2. The van der Waals surface area contributed by atoms with Crippen LogP contribution in [0.15, 0.2) is 60.9 Å². The molecular formula is C28H28Cl2N4O3. The van der Waals surface area contributed by atoms with Crippen LogP contribution in [-0.2, 0) is 9.59 Å². The van der Waals surface area contributed by atoms with Crippen molar-refractivity contribution in [3.05, 3.63) is 76.5 Å². The van der Waals surface area contributed by atoms with Crippen molar-refractivity contribution in [2.24, 2.45) is 0 Å². The molecular weight excluding hydrogens is 511 g/mol. The van der Waals surface area contributed by atoms with Crippen molar-refractivity contribution in [2.75, 3.05) is 44.7 Å². The highest BCUT2D eigenvalue weighted by atomic mass is 35.5. The number of rotatable bonds is 7. The molecule has 5 rings (SSSR count). The summed E-state index contributed by atoms with van der Waals surface area (Å²) in [5.41, 5.74) is 3.67. The van der Waals surface area contributed by atoms with Crippen molar-refractivity contribution in [2.45, 2.75) is 18.9 Å². The molecule has 9 heteroatoms. The second kappa shape index (κ2) is 11.1. The minimum absolute atomic E-state index is 0.116. The number of amides is 2. The third-order valence-corrected chi connectivity index (χ3v) is 7.76. The number of hydrogen-bond acceptors (Lipinski definition) is 5. The third-order valence-electron chi connectivity index (χ3n) is 7.04. The highest BCUT2D eigenvalue weighted by Gasteiger charge is 2.32. The first-order valence-electron chi connectivity index (χ1n) is 12.3. The zero-order valence-electron chi connectivity index (χ0n) is 20.6. The Hall–Kier alpha value is -3.13. The van der Waals surface area contributed by atoms with E-state index in [1.807, 2.05) is 12.1 Å². The Labute approximate surface area is 226 Å². The molecule has 37 heavy (non-hydrogen) atoms. The van der Waals surface area contributed by atoms with Gasteiger partial charge in [-0.2, -0.15) is 0 Å². The first kappa shape index (κ1) is 25.5. The molecule has 0 spiro atoms. The van der Waals surface area contributed by atoms with Gasteiger partial charge < -0.3 is 14.5 Å². The standard InChI is InChI=1S/C28H28Cl2N4O3/c1-32(27(35)17-34-24-14-22(29)23(30)15-26(24)37-18-28(34)36)25(16-33-12-2-3-13-33)21-6-4-19(5-7-21)20-8-10-31-11-9-20/h4-11,14-15,25H,2-3,12-13,16-18H2,1H3. The van der Waals surface area contributed by atoms with Gasteiger partial charge in [0.05, 0.1) is 21.8 Å². The maximum Gasteiger partial charge on any atom is 0.265 e. The molecule has 0 saturated carbocycles.